The van der Waals surface area contributed by atoms with Gasteiger partial charge in [-0.25, -0.2) is 4.79 Å². The highest BCUT2D eigenvalue weighted by molar-refractivity contribution is 9.10. The van der Waals surface area contributed by atoms with Crippen molar-refractivity contribution in [2.24, 2.45) is 0 Å². The molecule has 0 aliphatic rings. The molecule has 5 nitrogen and oxygen atoms in total. The fourth-order valence-electron chi connectivity index (χ4n) is 1.69. The van der Waals surface area contributed by atoms with Gasteiger partial charge in [-0.2, -0.15) is 13.2 Å². The summed E-state index contributed by atoms with van der Waals surface area (Å²) in [5.41, 5.74) is -1.71. The van der Waals surface area contributed by atoms with Gasteiger partial charge >= 0.3 is 12.1 Å². The number of furan rings is 1. The van der Waals surface area contributed by atoms with Crippen molar-refractivity contribution in [1.29, 1.82) is 0 Å². The molecule has 0 spiro atoms. The fraction of sp³-hybridized carbons (Fsp3) is 0.143. The lowest BCUT2D eigenvalue weighted by molar-refractivity contribution is -0.137. The van der Waals surface area contributed by atoms with E-state index in [1.165, 1.54) is 18.2 Å². The molecule has 0 saturated heterocycles. The lowest BCUT2D eigenvalue weighted by Crippen LogP contribution is -2.23. The van der Waals surface area contributed by atoms with Crippen molar-refractivity contribution in [3.63, 3.8) is 0 Å². The molecule has 1 aromatic heterocycles. The van der Waals surface area contributed by atoms with Crippen molar-refractivity contribution >= 4 is 45.1 Å². The molecule has 1 amide bonds. The van der Waals surface area contributed by atoms with Crippen LogP contribution in [0.4, 0.5) is 18.9 Å². The van der Waals surface area contributed by atoms with E-state index < -0.39 is 35.9 Å². The van der Waals surface area contributed by atoms with Crippen LogP contribution in [0.5, 0.6) is 0 Å². The standard InChI is InChI=1S/C14H8BrClF3NO4/c15-10-5-4-9(24-10)13(22)23-6-11(21)20-12-7(14(17,18)19)2-1-3-8(12)16/h1-5H,6H2,(H,20,21). The number of ether oxygens (including phenoxy) is 1. The average molecular weight is 427 g/mol. The van der Waals surface area contributed by atoms with Crippen LogP contribution in [0, 0.1) is 0 Å². The smallest absolute Gasteiger partial charge is 0.418 e. The number of hydrogen-bond acceptors (Lipinski definition) is 4. The Morgan fingerprint density at radius 2 is 1.96 bits per heavy atom. The minimum absolute atomic E-state index is 0.164. The van der Waals surface area contributed by atoms with Crippen LogP contribution in [-0.4, -0.2) is 18.5 Å². The van der Waals surface area contributed by atoms with Crippen LogP contribution in [0.15, 0.2) is 39.4 Å². The van der Waals surface area contributed by atoms with Crippen molar-refractivity contribution in [2.75, 3.05) is 11.9 Å². The van der Waals surface area contributed by atoms with E-state index in [0.717, 1.165) is 12.1 Å². The van der Waals surface area contributed by atoms with Gasteiger partial charge in [0.2, 0.25) is 5.76 Å². The molecule has 0 radical (unpaired) electrons. The predicted octanol–water partition coefficient (Wildman–Crippen LogP) is 4.51. The summed E-state index contributed by atoms with van der Waals surface area (Å²) in [5, 5.41) is 1.70. The quantitative estimate of drug-likeness (QED) is 0.731. The van der Waals surface area contributed by atoms with Gasteiger partial charge in [0.05, 0.1) is 16.3 Å². The zero-order chi connectivity index (χ0) is 17.9. The monoisotopic (exact) mass is 425 g/mol. The molecule has 24 heavy (non-hydrogen) atoms. The van der Waals surface area contributed by atoms with E-state index in [9.17, 15) is 22.8 Å². The Kier molecular flexibility index (Phi) is 5.55. The summed E-state index contributed by atoms with van der Waals surface area (Å²) in [7, 11) is 0. The summed E-state index contributed by atoms with van der Waals surface area (Å²) in [4.78, 5) is 23.3. The van der Waals surface area contributed by atoms with Gasteiger partial charge < -0.3 is 14.5 Å². The third kappa shape index (κ3) is 4.51. The van der Waals surface area contributed by atoms with E-state index in [2.05, 4.69) is 20.7 Å². The Bertz CT molecular complexity index is 776. The third-order valence-corrected chi connectivity index (χ3v) is 3.43. The SMILES string of the molecule is O=C(COC(=O)c1ccc(Br)o1)Nc1c(Cl)cccc1C(F)(F)F. The number of benzene rings is 1. The number of carbonyl (C=O) groups excluding carboxylic acids is 2. The zero-order valence-electron chi connectivity index (χ0n) is 11.6. The Morgan fingerprint density at radius 3 is 2.54 bits per heavy atom. The van der Waals surface area contributed by atoms with Gasteiger partial charge in [-0.1, -0.05) is 17.7 Å². The lowest BCUT2D eigenvalue weighted by atomic mass is 10.1. The number of anilines is 1. The molecule has 0 saturated carbocycles. The number of hydrogen-bond donors (Lipinski definition) is 1. The number of esters is 1. The molecule has 10 heteroatoms. The molecular formula is C14H8BrClF3NO4. The highest BCUT2D eigenvalue weighted by Crippen LogP contribution is 2.38. The minimum Gasteiger partial charge on any atom is -0.450 e. The molecule has 128 valence electrons. The second-order valence-electron chi connectivity index (χ2n) is 4.39. The number of halogens is 5. The van der Waals surface area contributed by atoms with Gasteiger partial charge in [0.25, 0.3) is 5.91 Å². The Balaban J connectivity index is 2.04. The van der Waals surface area contributed by atoms with E-state index >= 15 is 0 Å². The first kappa shape index (κ1) is 18.3. The van der Waals surface area contributed by atoms with Crippen LogP contribution < -0.4 is 5.32 Å². The molecule has 2 aromatic rings. The van der Waals surface area contributed by atoms with Gasteiger partial charge in [-0.15, -0.1) is 0 Å². The van der Waals surface area contributed by atoms with Gasteiger partial charge in [0, 0.05) is 0 Å². The average Bonchev–Trinajstić information content (AvgIpc) is 2.92. The van der Waals surface area contributed by atoms with E-state index in [4.69, 9.17) is 16.0 Å². The highest BCUT2D eigenvalue weighted by atomic mass is 79.9. The van der Waals surface area contributed by atoms with Gasteiger partial charge in [0.1, 0.15) is 0 Å². The largest absolute Gasteiger partial charge is 0.450 e. The molecule has 0 aliphatic heterocycles. The van der Waals surface area contributed by atoms with Crippen molar-refractivity contribution in [1.82, 2.24) is 0 Å². The first-order valence-corrected chi connectivity index (χ1v) is 7.43. The number of amides is 1. The van der Waals surface area contributed by atoms with Crippen LogP contribution >= 0.6 is 27.5 Å². The highest BCUT2D eigenvalue weighted by Gasteiger charge is 2.34. The van der Waals surface area contributed by atoms with E-state index in [1.54, 1.807) is 0 Å². The Labute approximate surface area is 146 Å². The molecule has 0 atom stereocenters. The first-order valence-electron chi connectivity index (χ1n) is 6.26. The van der Waals surface area contributed by atoms with Crippen LogP contribution in [0.1, 0.15) is 16.1 Å². The van der Waals surface area contributed by atoms with Crippen molar-refractivity contribution in [3.05, 3.63) is 51.3 Å². The maximum absolute atomic E-state index is 12.9. The summed E-state index contributed by atoms with van der Waals surface area (Å²) in [5.74, 6) is -2.08. The maximum atomic E-state index is 12.9. The lowest BCUT2D eigenvalue weighted by Gasteiger charge is -2.15. The molecule has 2 rings (SSSR count). The van der Waals surface area contributed by atoms with Crippen molar-refractivity contribution in [3.8, 4) is 0 Å². The molecule has 0 unspecified atom stereocenters. The summed E-state index contributed by atoms with van der Waals surface area (Å²) in [6, 6.07) is 5.82. The van der Waals surface area contributed by atoms with Crippen LogP contribution in [0.2, 0.25) is 5.02 Å². The normalized spacial score (nSPS) is 11.2. The van der Waals surface area contributed by atoms with Crippen molar-refractivity contribution < 1.29 is 31.9 Å². The van der Waals surface area contributed by atoms with Crippen molar-refractivity contribution in [2.45, 2.75) is 6.18 Å². The molecule has 1 N–H and O–H groups in total. The predicted molar refractivity (Wildman–Crippen MR) is 81.8 cm³/mol. The molecular weight excluding hydrogens is 419 g/mol. The minimum atomic E-state index is -4.70. The summed E-state index contributed by atoms with van der Waals surface area (Å²) in [6.07, 6.45) is -4.70. The number of carbonyl (C=O) groups is 2. The summed E-state index contributed by atoms with van der Waals surface area (Å²) < 4.78 is 48.6. The fourth-order valence-corrected chi connectivity index (χ4v) is 2.22. The van der Waals surface area contributed by atoms with Crippen LogP contribution in [-0.2, 0) is 15.7 Å². The third-order valence-electron chi connectivity index (χ3n) is 2.69. The zero-order valence-corrected chi connectivity index (χ0v) is 14.0. The summed E-state index contributed by atoms with van der Waals surface area (Å²) >= 11 is 8.68. The number of rotatable bonds is 4. The number of para-hydroxylation sites is 1. The van der Waals surface area contributed by atoms with Gasteiger partial charge in [0.15, 0.2) is 11.3 Å². The van der Waals surface area contributed by atoms with E-state index in [-0.39, 0.29) is 15.5 Å². The van der Waals surface area contributed by atoms with E-state index in [0.29, 0.717) is 0 Å². The van der Waals surface area contributed by atoms with Gasteiger partial charge in [-0.05, 0) is 40.2 Å². The topological polar surface area (TPSA) is 68.5 Å². The molecule has 0 bridgehead atoms. The van der Waals surface area contributed by atoms with E-state index in [1.807, 2.05) is 5.32 Å². The molecule has 0 fully saturated rings. The van der Waals surface area contributed by atoms with Crippen LogP contribution in [0.25, 0.3) is 0 Å². The molecule has 1 heterocycles. The number of alkyl halides is 3. The second kappa shape index (κ2) is 7.27. The Morgan fingerprint density at radius 1 is 1.25 bits per heavy atom. The first-order chi connectivity index (χ1) is 11.2. The number of nitrogens with one attached hydrogen (secondary N) is 1. The summed E-state index contributed by atoms with van der Waals surface area (Å²) in [6.45, 7) is -0.806. The molecule has 0 aliphatic carbocycles. The maximum Gasteiger partial charge on any atom is 0.418 e. The molecule has 1 aromatic carbocycles. The van der Waals surface area contributed by atoms with Gasteiger partial charge in [-0.3, -0.25) is 4.79 Å². The second-order valence-corrected chi connectivity index (χ2v) is 5.58. The Hall–Kier alpha value is -2.00. The van der Waals surface area contributed by atoms with Crippen LogP contribution in [0.3, 0.4) is 0 Å².